The standard InChI is InChI=1S/C10H12N2O3/c1-8(9-5-3-2-4-6-9)10(14)12(11)15-7-13/h2-6,13H,1,7,11H2. The van der Waals surface area contributed by atoms with Crippen molar-refractivity contribution in [3.63, 3.8) is 0 Å². The number of aliphatic hydroxyl groups is 1. The monoisotopic (exact) mass is 208 g/mol. The molecule has 15 heavy (non-hydrogen) atoms. The third kappa shape index (κ3) is 2.88. The van der Waals surface area contributed by atoms with Crippen LogP contribution in [0.15, 0.2) is 36.9 Å². The van der Waals surface area contributed by atoms with Gasteiger partial charge in [-0.2, -0.15) is 0 Å². The summed E-state index contributed by atoms with van der Waals surface area (Å²) < 4.78 is 0. The van der Waals surface area contributed by atoms with Crippen molar-refractivity contribution in [1.82, 2.24) is 5.17 Å². The largest absolute Gasteiger partial charge is 0.368 e. The maximum atomic E-state index is 11.5. The van der Waals surface area contributed by atoms with Gasteiger partial charge in [0.15, 0.2) is 6.79 Å². The predicted octanol–water partition coefficient (Wildman–Crippen LogP) is 0.283. The number of carbonyl (C=O) groups excluding carboxylic acids is 1. The number of nitrogens with two attached hydrogens (primary N) is 1. The van der Waals surface area contributed by atoms with E-state index in [-0.39, 0.29) is 5.57 Å². The molecule has 0 atom stereocenters. The summed E-state index contributed by atoms with van der Waals surface area (Å²) in [6.07, 6.45) is 0. The Morgan fingerprint density at radius 1 is 1.47 bits per heavy atom. The van der Waals surface area contributed by atoms with Crippen molar-refractivity contribution in [1.29, 1.82) is 0 Å². The van der Waals surface area contributed by atoms with Crippen LogP contribution in [0, 0.1) is 0 Å². The topological polar surface area (TPSA) is 75.8 Å². The Labute approximate surface area is 87.3 Å². The summed E-state index contributed by atoms with van der Waals surface area (Å²) in [4.78, 5) is 15.9. The van der Waals surface area contributed by atoms with E-state index in [4.69, 9.17) is 10.9 Å². The molecule has 5 nitrogen and oxygen atoms in total. The first-order valence-corrected chi connectivity index (χ1v) is 4.24. The summed E-state index contributed by atoms with van der Waals surface area (Å²) in [5.41, 5.74) is 0.853. The number of nitrogens with zero attached hydrogens (tertiary/aromatic N) is 1. The second-order valence-corrected chi connectivity index (χ2v) is 2.73. The summed E-state index contributed by atoms with van der Waals surface area (Å²) in [6.45, 7) is 2.93. The van der Waals surface area contributed by atoms with E-state index >= 15 is 0 Å². The molecule has 0 fully saturated rings. The van der Waals surface area contributed by atoms with Crippen LogP contribution in [-0.2, 0) is 9.63 Å². The quantitative estimate of drug-likeness (QED) is 0.245. The van der Waals surface area contributed by atoms with Gasteiger partial charge in [0.2, 0.25) is 0 Å². The van der Waals surface area contributed by atoms with Gasteiger partial charge in [-0.05, 0) is 5.56 Å². The molecule has 0 aliphatic rings. The molecule has 1 aromatic rings. The van der Waals surface area contributed by atoms with Gasteiger partial charge < -0.3 is 5.11 Å². The van der Waals surface area contributed by atoms with E-state index in [1.165, 1.54) is 0 Å². The van der Waals surface area contributed by atoms with Gasteiger partial charge in [0.1, 0.15) is 0 Å². The first-order chi connectivity index (χ1) is 7.16. The fourth-order valence-corrected chi connectivity index (χ4v) is 1.02. The zero-order valence-corrected chi connectivity index (χ0v) is 8.09. The molecule has 1 amide bonds. The van der Waals surface area contributed by atoms with Crippen molar-refractivity contribution < 1.29 is 14.7 Å². The highest BCUT2D eigenvalue weighted by Crippen LogP contribution is 2.13. The minimum absolute atomic E-state index is 0.201. The lowest BCUT2D eigenvalue weighted by Crippen LogP contribution is -2.38. The molecule has 80 valence electrons. The normalized spacial score (nSPS) is 9.73. The van der Waals surface area contributed by atoms with Crippen molar-refractivity contribution in [2.45, 2.75) is 0 Å². The number of hydrazine groups is 1. The Balaban J connectivity index is 2.73. The van der Waals surface area contributed by atoms with E-state index in [1.807, 2.05) is 6.07 Å². The van der Waals surface area contributed by atoms with Crippen molar-refractivity contribution in [3.05, 3.63) is 42.5 Å². The number of amides is 1. The first-order valence-electron chi connectivity index (χ1n) is 4.24. The fourth-order valence-electron chi connectivity index (χ4n) is 1.02. The van der Waals surface area contributed by atoms with Crippen molar-refractivity contribution in [3.8, 4) is 0 Å². The highest BCUT2D eigenvalue weighted by Gasteiger charge is 2.15. The number of rotatable bonds is 4. The van der Waals surface area contributed by atoms with Crippen LogP contribution in [0.25, 0.3) is 5.57 Å². The van der Waals surface area contributed by atoms with Gasteiger partial charge in [0.05, 0.1) is 0 Å². The molecule has 3 N–H and O–H groups in total. The average Bonchev–Trinajstić information content (AvgIpc) is 2.28. The molecule has 0 aliphatic carbocycles. The maximum Gasteiger partial charge on any atom is 0.292 e. The molecular weight excluding hydrogens is 196 g/mol. The molecule has 1 aromatic carbocycles. The molecule has 0 bridgehead atoms. The van der Waals surface area contributed by atoms with E-state index in [0.717, 1.165) is 0 Å². The Morgan fingerprint density at radius 2 is 2.07 bits per heavy atom. The molecule has 0 spiro atoms. The highest BCUT2D eigenvalue weighted by molar-refractivity contribution is 6.17. The maximum absolute atomic E-state index is 11.5. The van der Waals surface area contributed by atoms with Crippen LogP contribution in [0.3, 0.4) is 0 Å². The van der Waals surface area contributed by atoms with Crippen LogP contribution in [-0.4, -0.2) is 23.0 Å². The van der Waals surface area contributed by atoms with Gasteiger partial charge in [-0.15, -0.1) is 5.17 Å². The lowest BCUT2D eigenvalue weighted by molar-refractivity contribution is -0.210. The molecule has 0 unspecified atom stereocenters. The fraction of sp³-hybridized carbons (Fsp3) is 0.100. The zero-order chi connectivity index (χ0) is 11.3. The van der Waals surface area contributed by atoms with E-state index < -0.39 is 12.7 Å². The Bertz CT molecular complexity index is 351. The third-order valence-corrected chi connectivity index (χ3v) is 1.78. The van der Waals surface area contributed by atoms with Crippen LogP contribution in [0.5, 0.6) is 0 Å². The van der Waals surface area contributed by atoms with Crippen LogP contribution in [0.2, 0.25) is 0 Å². The van der Waals surface area contributed by atoms with Gasteiger partial charge in [-0.1, -0.05) is 36.9 Å². The molecule has 0 saturated heterocycles. The molecular formula is C10H12N2O3. The van der Waals surface area contributed by atoms with Gasteiger partial charge >= 0.3 is 0 Å². The van der Waals surface area contributed by atoms with Crippen LogP contribution in [0.4, 0.5) is 0 Å². The summed E-state index contributed by atoms with van der Waals surface area (Å²) in [6, 6.07) is 8.84. The Kier molecular flexibility index (Phi) is 3.99. The van der Waals surface area contributed by atoms with E-state index in [2.05, 4.69) is 11.4 Å². The number of hydrogen-bond donors (Lipinski definition) is 2. The lowest BCUT2D eigenvalue weighted by Gasteiger charge is -2.15. The van der Waals surface area contributed by atoms with Gasteiger partial charge in [0.25, 0.3) is 5.91 Å². The zero-order valence-electron chi connectivity index (χ0n) is 8.09. The van der Waals surface area contributed by atoms with Gasteiger partial charge in [0, 0.05) is 5.57 Å². The van der Waals surface area contributed by atoms with Crippen LogP contribution in [0.1, 0.15) is 5.56 Å². The molecule has 0 aliphatic heterocycles. The predicted molar refractivity (Wildman–Crippen MR) is 54.7 cm³/mol. The molecule has 0 radical (unpaired) electrons. The molecule has 0 aromatic heterocycles. The van der Waals surface area contributed by atoms with Crippen molar-refractivity contribution in [2.24, 2.45) is 5.84 Å². The third-order valence-electron chi connectivity index (χ3n) is 1.78. The highest BCUT2D eigenvalue weighted by atomic mass is 16.8. The van der Waals surface area contributed by atoms with Crippen LogP contribution < -0.4 is 5.84 Å². The van der Waals surface area contributed by atoms with Gasteiger partial charge in [-0.25, -0.2) is 10.7 Å². The second kappa shape index (κ2) is 5.26. The Hall–Kier alpha value is -1.69. The number of benzene rings is 1. The van der Waals surface area contributed by atoms with E-state index in [9.17, 15) is 4.79 Å². The summed E-state index contributed by atoms with van der Waals surface area (Å²) in [5, 5.41) is 8.87. The SMILES string of the molecule is C=C(C(=O)N(N)OCO)c1ccccc1. The number of hydrogen-bond acceptors (Lipinski definition) is 4. The van der Waals surface area contributed by atoms with Crippen LogP contribution >= 0.6 is 0 Å². The van der Waals surface area contributed by atoms with Gasteiger partial charge in [-0.3, -0.25) is 4.79 Å². The van der Waals surface area contributed by atoms with Crippen molar-refractivity contribution >= 4 is 11.5 Å². The minimum Gasteiger partial charge on any atom is -0.368 e. The summed E-state index contributed by atoms with van der Waals surface area (Å²) in [7, 11) is 0. The lowest BCUT2D eigenvalue weighted by atomic mass is 10.1. The first kappa shape index (κ1) is 11.4. The number of hydroxylamine groups is 1. The number of aliphatic hydroxyl groups excluding tert-OH is 1. The molecule has 0 heterocycles. The van der Waals surface area contributed by atoms with Crippen molar-refractivity contribution in [2.75, 3.05) is 6.79 Å². The minimum atomic E-state index is -0.662. The second-order valence-electron chi connectivity index (χ2n) is 2.73. The summed E-state index contributed by atoms with van der Waals surface area (Å²) in [5.74, 6) is 4.61. The number of carbonyl (C=O) groups is 1. The molecule has 1 rings (SSSR count). The molecule has 5 heteroatoms. The Morgan fingerprint density at radius 3 is 2.60 bits per heavy atom. The smallest absolute Gasteiger partial charge is 0.292 e. The summed E-state index contributed by atoms with van der Waals surface area (Å²) >= 11 is 0. The average molecular weight is 208 g/mol. The van der Waals surface area contributed by atoms with E-state index in [1.54, 1.807) is 24.3 Å². The van der Waals surface area contributed by atoms with E-state index in [0.29, 0.717) is 10.7 Å². The molecule has 0 saturated carbocycles.